The standard InChI is InChI=1S/C11H15ClN2OS/c1-14(7-11(6-13)4-5-11)10(15)8-2-3-9(12)16-8/h2-3H,4-7,13H2,1H3. The van der Waals surface area contributed by atoms with Crippen molar-refractivity contribution in [1.29, 1.82) is 0 Å². The first-order valence-corrected chi connectivity index (χ1v) is 6.47. The van der Waals surface area contributed by atoms with Gasteiger partial charge in [0.05, 0.1) is 9.21 Å². The summed E-state index contributed by atoms with van der Waals surface area (Å²) in [5.74, 6) is 0.0385. The van der Waals surface area contributed by atoms with Gasteiger partial charge in [0, 0.05) is 19.0 Å². The number of hydrogen-bond donors (Lipinski definition) is 1. The minimum atomic E-state index is 0.0385. The summed E-state index contributed by atoms with van der Waals surface area (Å²) in [5.41, 5.74) is 5.89. The van der Waals surface area contributed by atoms with Gasteiger partial charge < -0.3 is 10.6 Å². The van der Waals surface area contributed by atoms with Gasteiger partial charge in [-0.3, -0.25) is 4.79 Å². The number of rotatable bonds is 4. The molecule has 0 saturated heterocycles. The molecule has 1 saturated carbocycles. The van der Waals surface area contributed by atoms with Crippen molar-refractivity contribution in [1.82, 2.24) is 4.90 Å². The topological polar surface area (TPSA) is 46.3 Å². The molecule has 3 nitrogen and oxygen atoms in total. The first-order chi connectivity index (χ1) is 7.56. The van der Waals surface area contributed by atoms with Crippen molar-refractivity contribution < 1.29 is 4.79 Å². The maximum Gasteiger partial charge on any atom is 0.263 e. The van der Waals surface area contributed by atoms with E-state index >= 15 is 0 Å². The van der Waals surface area contributed by atoms with Gasteiger partial charge in [0.25, 0.3) is 5.91 Å². The van der Waals surface area contributed by atoms with Crippen LogP contribution in [0.2, 0.25) is 4.34 Å². The second kappa shape index (κ2) is 4.35. The molecule has 1 aromatic rings. The van der Waals surface area contributed by atoms with Crippen LogP contribution in [-0.4, -0.2) is 30.9 Å². The van der Waals surface area contributed by atoms with Crippen LogP contribution in [0, 0.1) is 5.41 Å². The molecule has 0 unspecified atom stereocenters. The Morgan fingerprint density at radius 2 is 2.31 bits per heavy atom. The number of nitrogens with two attached hydrogens (primary N) is 1. The molecule has 2 N–H and O–H groups in total. The van der Waals surface area contributed by atoms with Gasteiger partial charge in [-0.2, -0.15) is 0 Å². The van der Waals surface area contributed by atoms with Gasteiger partial charge in [0.1, 0.15) is 0 Å². The largest absolute Gasteiger partial charge is 0.340 e. The molecule has 5 heteroatoms. The zero-order valence-electron chi connectivity index (χ0n) is 9.20. The quantitative estimate of drug-likeness (QED) is 0.900. The van der Waals surface area contributed by atoms with E-state index in [0.717, 1.165) is 19.4 Å². The molecule has 1 aromatic heterocycles. The average Bonchev–Trinajstić information content (AvgIpc) is 2.91. The van der Waals surface area contributed by atoms with Crippen molar-refractivity contribution >= 4 is 28.8 Å². The number of nitrogens with zero attached hydrogens (tertiary/aromatic N) is 1. The molecule has 1 aliphatic rings. The monoisotopic (exact) mass is 258 g/mol. The molecule has 1 amide bonds. The molecular weight excluding hydrogens is 244 g/mol. The van der Waals surface area contributed by atoms with Crippen LogP contribution in [0.15, 0.2) is 12.1 Å². The first kappa shape index (κ1) is 11.9. The van der Waals surface area contributed by atoms with Crippen LogP contribution in [-0.2, 0) is 0 Å². The first-order valence-electron chi connectivity index (χ1n) is 5.27. The van der Waals surface area contributed by atoms with Crippen LogP contribution in [0.25, 0.3) is 0 Å². The Hall–Kier alpha value is -0.580. The molecule has 0 radical (unpaired) electrons. The molecule has 1 fully saturated rings. The van der Waals surface area contributed by atoms with E-state index in [1.807, 2.05) is 7.05 Å². The third-order valence-electron chi connectivity index (χ3n) is 3.09. The van der Waals surface area contributed by atoms with Gasteiger partial charge in [-0.25, -0.2) is 0 Å². The fourth-order valence-electron chi connectivity index (χ4n) is 1.80. The predicted octanol–water partition coefficient (Wildman–Crippen LogP) is 2.21. The minimum absolute atomic E-state index is 0.0385. The number of halogens is 1. The highest BCUT2D eigenvalue weighted by Crippen LogP contribution is 2.45. The maximum absolute atomic E-state index is 12.0. The molecule has 2 rings (SSSR count). The molecule has 0 aliphatic heterocycles. The van der Waals surface area contributed by atoms with Crippen LogP contribution in [0.5, 0.6) is 0 Å². The molecule has 0 aromatic carbocycles. The van der Waals surface area contributed by atoms with Crippen LogP contribution in [0.4, 0.5) is 0 Å². The highest BCUT2D eigenvalue weighted by molar-refractivity contribution is 7.17. The van der Waals surface area contributed by atoms with E-state index in [9.17, 15) is 4.79 Å². The summed E-state index contributed by atoms with van der Waals surface area (Å²) in [6, 6.07) is 3.52. The van der Waals surface area contributed by atoms with Crippen LogP contribution >= 0.6 is 22.9 Å². The second-order valence-corrected chi connectivity index (χ2v) is 6.18. The SMILES string of the molecule is CN(CC1(CN)CC1)C(=O)c1ccc(Cl)s1. The van der Waals surface area contributed by atoms with Gasteiger partial charge in [0.15, 0.2) is 0 Å². The fourth-order valence-corrected chi connectivity index (χ4v) is 2.83. The normalized spacial score (nSPS) is 17.2. The molecule has 0 atom stereocenters. The predicted molar refractivity (Wildman–Crippen MR) is 67.0 cm³/mol. The number of amides is 1. The van der Waals surface area contributed by atoms with Crippen molar-refractivity contribution in [3.8, 4) is 0 Å². The van der Waals surface area contributed by atoms with E-state index in [4.69, 9.17) is 17.3 Å². The Kier molecular flexibility index (Phi) is 3.24. The number of thiophene rings is 1. The third kappa shape index (κ3) is 2.39. The molecule has 16 heavy (non-hydrogen) atoms. The Bertz CT molecular complexity index is 400. The molecule has 1 aliphatic carbocycles. The van der Waals surface area contributed by atoms with Gasteiger partial charge >= 0.3 is 0 Å². The Morgan fingerprint density at radius 1 is 1.62 bits per heavy atom. The second-order valence-electron chi connectivity index (χ2n) is 4.47. The van der Waals surface area contributed by atoms with Gasteiger partial charge in [-0.1, -0.05) is 11.6 Å². The molecule has 88 valence electrons. The summed E-state index contributed by atoms with van der Waals surface area (Å²) >= 11 is 7.13. The molecule has 0 spiro atoms. The Morgan fingerprint density at radius 3 is 2.75 bits per heavy atom. The summed E-state index contributed by atoms with van der Waals surface area (Å²) in [6.07, 6.45) is 2.26. The van der Waals surface area contributed by atoms with Crippen molar-refractivity contribution in [3.63, 3.8) is 0 Å². The van der Waals surface area contributed by atoms with E-state index < -0.39 is 0 Å². The molecule has 1 heterocycles. The molecule has 0 bridgehead atoms. The number of carbonyl (C=O) groups is 1. The zero-order valence-corrected chi connectivity index (χ0v) is 10.8. The van der Waals surface area contributed by atoms with E-state index in [1.54, 1.807) is 17.0 Å². The van der Waals surface area contributed by atoms with E-state index in [0.29, 0.717) is 15.8 Å². The van der Waals surface area contributed by atoms with Gasteiger partial charge in [-0.05, 0) is 31.5 Å². The Labute approximate surface area is 104 Å². The Balaban J connectivity index is 1.99. The third-order valence-corrected chi connectivity index (χ3v) is 4.31. The van der Waals surface area contributed by atoms with E-state index in [-0.39, 0.29) is 11.3 Å². The summed E-state index contributed by atoms with van der Waals surface area (Å²) in [6.45, 7) is 1.41. The summed E-state index contributed by atoms with van der Waals surface area (Å²) in [4.78, 5) is 14.5. The molecular formula is C11H15ClN2OS. The lowest BCUT2D eigenvalue weighted by Gasteiger charge is -2.22. The van der Waals surface area contributed by atoms with E-state index in [2.05, 4.69) is 0 Å². The number of hydrogen-bond acceptors (Lipinski definition) is 3. The highest BCUT2D eigenvalue weighted by Gasteiger charge is 2.42. The van der Waals surface area contributed by atoms with Gasteiger partial charge in [-0.15, -0.1) is 11.3 Å². The summed E-state index contributed by atoms with van der Waals surface area (Å²) in [5, 5.41) is 0. The fraction of sp³-hybridized carbons (Fsp3) is 0.545. The van der Waals surface area contributed by atoms with Crippen LogP contribution in [0.3, 0.4) is 0 Å². The van der Waals surface area contributed by atoms with Gasteiger partial charge in [0.2, 0.25) is 0 Å². The maximum atomic E-state index is 12.0. The van der Waals surface area contributed by atoms with Crippen molar-refractivity contribution in [2.75, 3.05) is 20.1 Å². The van der Waals surface area contributed by atoms with Crippen molar-refractivity contribution in [2.24, 2.45) is 11.1 Å². The van der Waals surface area contributed by atoms with Crippen molar-refractivity contribution in [3.05, 3.63) is 21.3 Å². The van der Waals surface area contributed by atoms with Crippen LogP contribution < -0.4 is 5.73 Å². The minimum Gasteiger partial charge on any atom is -0.340 e. The smallest absolute Gasteiger partial charge is 0.263 e. The lowest BCUT2D eigenvalue weighted by atomic mass is 10.1. The number of carbonyl (C=O) groups excluding carboxylic acids is 1. The lowest BCUT2D eigenvalue weighted by molar-refractivity contribution is 0.0771. The average molecular weight is 259 g/mol. The summed E-state index contributed by atoms with van der Waals surface area (Å²) in [7, 11) is 1.83. The van der Waals surface area contributed by atoms with Crippen LogP contribution in [0.1, 0.15) is 22.5 Å². The zero-order chi connectivity index (χ0) is 11.8. The van der Waals surface area contributed by atoms with Crippen molar-refractivity contribution in [2.45, 2.75) is 12.8 Å². The lowest BCUT2D eigenvalue weighted by Crippen LogP contribution is -2.35. The highest BCUT2D eigenvalue weighted by atomic mass is 35.5. The summed E-state index contributed by atoms with van der Waals surface area (Å²) < 4.78 is 0.650. The van der Waals surface area contributed by atoms with E-state index in [1.165, 1.54) is 11.3 Å².